The van der Waals surface area contributed by atoms with Gasteiger partial charge in [-0.15, -0.1) is 0 Å². The molecular formula is C37H52N4O3Si. The number of rotatable bonds is 5. The van der Waals surface area contributed by atoms with Gasteiger partial charge in [0.05, 0.1) is 22.8 Å². The molecule has 242 valence electrons. The summed E-state index contributed by atoms with van der Waals surface area (Å²) in [4.78, 5) is 29.8. The van der Waals surface area contributed by atoms with Gasteiger partial charge in [0.1, 0.15) is 0 Å². The van der Waals surface area contributed by atoms with E-state index in [2.05, 4.69) is 72.9 Å². The summed E-state index contributed by atoms with van der Waals surface area (Å²) in [6.07, 6.45) is 12.2. The van der Waals surface area contributed by atoms with Crippen LogP contribution in [-0.2, 0) is 15.5 Å². The number of nitrogens with zero attached hydrogens (tertiary/aromatic N) is 4. The number of allylic oxidation sites excluding steroid dienone is 2. The second-order valence-electron chi connectivity index (χ2n) is 17.3. The van der Waals surface area contributed by atoms with E-state index in [-0.39, 0.29) is 45.2 Å². The molecule has 2 bridgehead atoms. The zero-order valence-electron chi connectivity index (χ0n) is 28.6. The van der Waals surface area contributed by atoms with Crippen molar-refractivity contribution in [1.29, 1.82) is 5.26 Å². The van der Waals surface area contributed by atoms with Gasteiger partial charge in [-0.2, -0.15) is 5.26 Å². The van der Waals surface area contributed by atoms with Crippen LogP contribution in [0.5, 0.6) is 0 Å². The maximum absolute atomic E-state index is 14.9. The summed E-state index contributed by atoms with van der Waals surface area (Å²) in [6.45, 7) is 18.6. The number of benzene rings is 1. The minimum absolute atomic E-state index is 0.0113. The quantitative estimate of drug-likeness (QED) is 0.256. The molecule has 0 N–H and O–H groups in total. The molecule has 1 aromatic heterocycles. The standard InChI is InChI=1S/C37H52N4O3Si/c1-25(18-23-38)28-14-15-29-34(28,5)19-17-30-35(6)20-16-27(44-45(7,8)33(2,3)4)24-36(35)21-22-37(29,30)41-32(43)39(31(42)40(36)41)26-12-10-9-11-13-26/h9-13,21-22,25,27-30H,14-20,24H2,1-8H3/t25-,27+,28-,29-,30-,34-,35-,36-,37+/m1/s1. The lowest BCUT2D eigenvalue weighted by Crippen LogP contribution is -2.76. The Morgan fingerprint density at radius 3 is 2.33 bits per heavy atom. The van der Waals surface area contributed by atoms with Gasteiger partial charge in [-0.25, -0.2) is 23.5 Å². The Balaban J connectivity index is 1.46. The zero-order valence-corrected chi connectivity index (χ0v) is 29.6. The highest BCUT2D eigenvalue weighted by Gasteiger charge is 2.75. The van der Waals surface area contributed by atoms with Crippen molar-refractivity contribution in [2.75, 3.05) is 0 Å². The number of hydrogen-bond donors (Lipinski definition) is 0. The molecule has 45 heavy (non-hydrogen) atoms. The molecule has 6 aliphatic rings. The monoisotopic (exact) mass is 628 g/mol. The first-order valence-corrected chi connectivity index (χ1v) is 20.3. The van der Waals surface area contributed by atoms with E-state index in [0.29, 0.717) is 30.4 Å². The normalized spacial score (nSPS) is 39.0. The molecule has 1 aromatic carbocycles. The van der Waals surface area contributed by atoms with E-state index in [0.717, 1.165) is 38.5 Å². The maximum Gasteiger partial charge on any atom is 0.352 e. The highest BCUT2D eigenvalue weighted by Crippen LogP contribution is 2.74. The Morgan fingerprint density at radius 1 is 0.978 bits per heavy atom. The van der Waals surface area contributed by atoms with Crippen LogP contribution in [0.3, 0.4) is 0 Å². The summed E-state index contributed by atoms with van der Waals surface area (Å²) in [5.74, 6) is 1.20. The molecular weight excluding hydrogens is 577 g/mol. The van der Waals surface area contributed by atoms with Crippen LogP contribution < -0.4 is 11.4 Å². The first kappa shape index (κ1) is 31.0. The molecule has 2 aromatic rings. The molecule has 0 amide bonds. The molecule has 9 atom stereocenters. The van der Waals surface area contributed by atoms with Crippen molar-refractivity contribution in [1.82, 2.24) is 13.9 Å². The summed E-state index contributed by atoms with van der Waals surface area (Å²) in [7, 11) is -2.07. The lowest BCUT2D eigenvalue weighted by molar-refractivity contribution is -0.198. The predicted octanol–water partition coefficient (Wildman–Crippen LogP) is 7.35. The molecule has 7 nitrogen and oxygen atoms in total. The smallest absolute Gasteiger partial charge is 0.352 e. The van der Waals surface area contributed by atoms with Gasteiger partial charge >= 0.3 is 11.4 Å². The number of aromatic nitrogens is 3. The van der Waals surface area contributed by atoms with Gasteiger partial charge in [-0.1, -0.05) is 71.9 Å². The van der Waals surface area contributed by atoms with Crippen LogP contribution in [0.15, 0.2) is 52.1 Å². The molecule has 2 aliphatic heterocycles. The van der Waals surface area contributed by atoms with Gasteiger partial charge in [0.15, 0.2) is 8.32 Å². The molecule has 8 heteroatoms. The predicted molar refractivity (Wildman–Crippen MR) is 180 cm³/mol. The summed E-state index contributed by atoms with van der Waals surface area (Å²) < 4.78 is 12.5. The van der Waals surface area contributed by atoms with E-state index < -0.39 is 19.4 Å². The number of nitriles is 1. The summed E-state index contributed by atoms with van der Waals surface area (Å²) in [5, 5.41) is 9.70. The summed E-state index contributed by atoms with van der Waals surface area (Å²) in [5.41, 5.74) is -1.23. The van der Waals surface area contributed by atoms with Crippen molar-refractivity contribution >= 4 is 8.32 Å². The maximum atomic E-state index is 14.9. The van der Waals surface area contributed by atoms with Crippen molar-refractivity contribution in [2.24, 2.45) is 34.5 Å². The lowest BCUT2D eigenvalue weighted by Gasteiger charge is -2.71. The molecule has 0 unspecified atom stereocenters. The molecule has 2 spiro atoms. The number of para-hydroxylation sites is 1. The van der Waals surface area contributed by atoms with Crippen LogP contribution in [-0.4, -0.2) is 28.4 Å². The molecule has 4 aliphatic carbocycles. The molecule has 3 fully saturated rings. The van der Waals surface area contributed by atoms with Crippen LogP contribution in [0.2, 0.25) is 18.1 Å². The Hall–Kier alpha value is -2.63. The van der Waals surface area contributed by atoms with Gasteiger partial charge in [-0.05, 0) is 97.9 Å². The molecule has 3 saturated carbocycles. The van der Waals surface area contributed by atoms with E-state index in [4.69, 9.17) is 4.43 Å². The number of hydrogen-bond acceptors (Lipinski definition) is 4. The van der Waals surface area contributed by atoms with E-state index >= 15 is 0 Å². The van der Waals surface area contributed by atoms with Crippen molar-refractivity contribution in [3.63, 3.8) is 0 Å². The second-order valence-corrected chi connectivity index (χ2v) is 22.1. The topological polar surface area (TPSA) is 81.9 Å². The third kappa shape index (κ3) is 3.77. The van der Waals surface area contributed by atoms with Gasteiger partial charge in [0.2, 0.25) is 0 Å². The zero-order chi connectivity index (χ0) is 32.4. The van der Waals surface area contributed by atoms with Crippen molar-refractivity contribution in [2.45, 2.75) is 128 Å². The average Bonchev–Trinajstić information content (AvgIpc) is 3.47. The Morgan fingerprint density at radius 2 is 1.67 bits per heavy atom. The summed E-state index contributed by atoms with van der Waals surface area (Å²) in [6, 6.07) is 11.9. The van der Waals surface area contributed by atoms with Crippen LogP contribution in [0.1, 0.15) is 92.9 Å². The van der Waals surface area contributed by atoms with Crippen molar-refractivity contribution in [3.05, 3.63) is 63.5 Å². The third-order valence-corrected chi connectivity index (χ3v) is 19.0. The van der Waals surface area contributed by atoms with E-state index in [1.807, 2.05) is 39.7 Å². The first-order valence-electron chi connectivity index (χ1n) is 17.4. The third-order valence-electron chi connectivity index (χ3n) is 14.5. The van der Waals surface area contributed by atoms with Gasteiger partial charge in [0, 0.05) is 24.4 Å². The number of fused-ring (bicyclic) bond motifs is 1. The lowest BCUT2D eigenvalue weighted by atomic mass is 9.40. The minimum Gasteiger partial charge on any atom is -0.414 e. The SMILES string of the molecule is C[C@H](CC#N)[C@H]1CC[C@@H]2[C@]1(C)CC[C@H]1[C@]23C=C[C@]2(C[C@@H](O[Si](C)(C)C(C)(C)C)CC[C@]12C)n1c(=O)n(-c2ccccc2)c(=O)n13. The fourth-order valence-corrected chi connectivity index (χ4v) is 12.7. The largest absolute Gasteiger partial charge is 0.414 e. The van der Waals surface area contributed by atoms with Crippen LogP contribution in [0.25, 0.3) is 5.69 Å². The van der Waals surface area contributed by atoms with Crippen LogP contribution in [0.4, 0.5) is 0 Å². The highest BCUT2D eigenvalue weighted by molar-refractivity contribution is 6.74. The average molecular weight is 629 g/mol. The molecule has 0 radical (unpaired) electrons. The highest BCUT2D eigenvalue weighted by atomic mass is 28.4. The Bertz CT molecular complexity index is 1710. The molecule has 3 heterocycles. The van der Waals surface area contributed by atoms with Gasteiger partial charge in [-0.3, -0.25) is 0 Å². The van der Waals surface area contributed by atoms with E-state index in [9.17, 15) is 14.9 Å². The molecule has 8 rings (SSSR count). The van der Waals surface area contributed by atoms with E-state index in [1.54, 1.807) is 0 Å². The van der Waals surface area contributed by atoms with Crippen LogP contribution in [0, 0.1) is 45.8 Å². The fourth-order valence-electron chi connectivity index (χ4n) is 11.3. The molecule has 0 saturated heterocycles. The van der Waals surface area contributed by atoms with Crippen LogP contribution >= 0.6 is 0 Å². The van der Waals surface area contributed by atoms with Crippen molar-refractivity contribution in [3.8, 4) is 11.8 Å². The van der Waals surface area contributed by atoms with Gasteiger partial charge < -0.3 is 4.43 Å². The second kappa shape index (κ2) is 9.70. The Labute approximate surface area is 269 Å². The van der Waals surface area contributed by atoms with E-state index in [1.165, 1.54) is 4.57 Å². The fraction of sp³-hybridized carbons (Fsp3) is 0.703. The van der Waals surface area contributed by atoms with Gasteiger partial charge in [0.25, 0.3) is 0 Å². The first-order chi connectivity index (χ1) is 21.1. The summed E-state index contributed by atoms with van der Waals surface area (Å²) >= 11 is 0. The van der Waals surface area contributed by atoms with Crippen molar-refractivity contribution < 1.29 is 4.43 Å². The minimum atomic E-state index is -2.07. The Kier molecular flexibility index (Phi) is 6.68.